The molecule has 4 aromatic rings. The van der Waals surface area contributed by atoms with Crippen molar-refractivity contribution in [3.8, 4) is 11.1 Å². The Morgan fingerprint density at radius 2 is 1.83 bits per heavy atom. The second-order valence-electron chi connectivity index (χ2n) is 15.0. The predicted octanol–water partition coefficient (Wildman–Crippen LogP) is 6.84. The molecule has 2 fully saturated rings. The summed E-state index contributed by atoms with van der Waals surface area (Å²) in [5, 5.41) is 3.96. The maximum Gasteiger partial charge on any atom is 0.407 e. The zero-order valence-corrected chi connectivity index (χ0v) is 29.8. The number of anilines is 1. The molecule has 11 nitrogen and oxygen atoms in total. The van der Waals surface area contributed by atoms with Crippen LogP contribution in [0.3, 0.4) is 0 Å². The van der Waals surface area contributed by atoms with Crippen LogP contribution in [0.5, 0.6) is 0 Å². The van der Waals surface area contributed by atoms with Crippen LogP contribution in [-0.2, 0) is 23.3 Å². The highest BCUT2D eigenvalue weighted by atomic mass is 35.5. The van der Waals surface area contributed by atoms with Gasteiger partial charge in [-0.25, -0.2) is 9.78 Å². The van der Waals surface area contributed by atoms with Crippen molar-refractivity contribution in [1.29, 1.82) is 0 Å². The van der Waals surface area contributed by atoms with Gasteiger partial charge in [0.25, 0.3) is 5.56 Å². The highest BCUT2D eigenvalue weighted by Gasteiger charge is 2.43. The molecule has 0 saturated carbocycles. The summed E-state index contributed by atoms with van der Waals surface area (Å²) >= 11 is 6.91. The van der Waals surface area contributed by atoms with Gasteiger partial charge in [0.15, 0.2) is 17.1 Å². The quantitative estimate of drug-likeness (QED) is 0.160. The minimum atomic E-state index is -1.29. The summed E-state index contributed by atoms with van der Waals surface area (Å²) < 4.78 is 21.1. The number of hydrogen-bond donors (Lipinski definition) is 1. The molecule has 2 aliphatic rings. The molecule has 46 heavy (non-hydrogen) atoms. The number of ether oxygens (including phenoxy) is 2. The second-order valence-corrected chi connectivity index (χ2v) is 20.9. The number of hydrogen-bond acceptors (Lipinski definition) is 8. The predicted molar refractivity (Wildman–Crippen MR) is 184 cm³/mol. The molecule has 248 valence electrons. The molecule has 2 bridgehead atoms. The average Bonchev–Trinajstić information content (AvgIpc) is 3.58. The summed E-state index contributed by atoms with van der Waals surface area (Å²) in [7, 11) is 0.492. The lowest BCUT2D eigenvalue weighted by Gasteiger charge is -2.40. The van der Waals surface area contributed by atoms with Gasteiger partial charge in [0, 0.05) is 64.1 Å². The van der Waals surface area contributed by atoms with Crippen molar-refractivity contribution in [3.05, 3.63) is 39.6 Å². The molecular weight excluding hydrogens is 624 g/mol. The molecule has 6 rings (SSSR count). The van der Waals surface area contributed by atoms with Crippen LogP contribution in [0, 0.1) is 6.92 Å². The molecule has 5 heterocycles. The lowest BCUT2D eigenvalue weighted by atomic mass is 9.98. The standard InChI is InChI=1S/C33H45ClN6O5Si/c1-19-35-25-12-11-23(27(34)28(25)44-19)24-17-39(18-43-13-14-46(6,7)8)29-26(24)30(41)38(5)31(37-29)40-21-9-10-22(40)16-20(15-21)36-32(42)45-33(2,3)4/h11-12,17,20-22H,9-10,13-16,18H2,1-8H3,(H,36,42)/t20?,21-,22+. The molecule has 1 amide bonds. The van der Waals surface area contributed by atoms with Crippen molar-refractivity contribution in [1.82, 2.24) is 24.4 Å². The Hall–Kier alpha value is -3.35. The Morgan fingerprint density at radius 1 is 1.13 bits per heavy atom. The Balaban J connectivity index is 1.38. The van der Waals surface area contributed by atoms with E-state index in [1.165, 1.54) is 0 Å². The number of halogens is 1. The van der Waals surface area contributed by atoms with E-state index >= 15 is 0 Å². The number of benzene rings is 1. The number of carbonyl (C=O) groups excluding carboxylic acids is 1. The Labute approximate surface area is 275 Å². The summed E-state index contributed by atoms with van der Waals surface area (Å²) in [4.78, 5) is 38.7. The molecule has 0 spiro atoms. The number of amides is 1. The minimum Gasteiger partial charge on any atom is -0.444 e. The number of fused-ring (bicyclic) bond motifs is 4. The van der Waals surface area contributed by atoms with Gasteiger partial charge in [-0.15, -0.1) is 0 Å². The van der Waals surface area contributed by atoms with Gasteiger partial charge >= 0.3 is 6.09 Å². The van der Waals surface area contributed by atoms with Gasteiger partial charge in [0.05, 0.1) is 10.4 Å². The van der Waals surface area contributed by atoms with Crippen LogP contribution in [0.15, 0.2) is 27.5 Å². The fourth-order valence-corrected chi connectivity index (χ4v) is 7.81. The van der Waals surface area contributed by atoms with Gasteiger partial charge < -0.3 is 28.7 Å². The van der Waals surface area contributed by atoms with Gasteiger partial charge in [-0.1, -0.05) is 37.3 Å². The number of piperidine rings is 1. The molecule has 1 unspecified atom stereocenters. The Kier molecular flexibility index (Phi) is 8.52. The lowest BCUT2D eigenvalue weighted by Crippen LogP contribution is -2.52. The van der Waals surface area contributed by atoms with E-state index < -0.39 is 19.8 Å². The Bertz CT molecular complexity index is 1840. The van der Waals surface area contributed by atoms with E-state index in [9.17, 15) is 9.59 Å². The smallest absolute Gasteiger partial charge is 0.407 e. The highest BCUT2D eigenvalue weighted by molar-refractivity contribution is 6.76. The van der Waals surface area contributed by atoms with Crippen LogP contribution in [0.25, 0.3) is 33.3 Å². The van der Waals surface area contributed by atoms with E-state index in [0.717, 1.165) is 31.7 Å². The third kappa shape index (κ3) is 6.43. The van der Waals surface area contributed by atoms with E-state index in [-0.39, 0.29) is 30.4 Å². The van der Waals surface area contributed by atoms with E-state index in [4.69, 9.17) is 30.5 Å². The molecule has 3 atom stereocenters. The van der Waals surface area contributed by atoms with Gasteiger partial charge in [0.2, 0.25) is 5.95 Å². The van der Waals surface area contributed by atoms with Crippen LogP contribution in [0.4, 0.5) is 10.7 Å². The number of aromatic nitrogens is 4. The van der Waals surface area contributed by atoms with Crippen LogP contribution < -0.4 is 15.8 Å². The van der Waals surface area contributed by atoms with Crippen molar-refractivity contribution in [3.63, 3.8) is 0 Å². The second kappa shape index (κ2) is 12.0. The van der Waals surface area contributed by atoms with Crippen molar-refractivity contribution in [2.24, 2.45) is 7.05 Å². The third-order valence-electron chi connectivity index (χ3n) is 8.88. The molecule has 13 heteroatoms. The SMILES string of the molecule is Cc1nc2ccc(-c3cn(COCC[Si](C)(C)C)c4nc(N5[C@@H]6CC[C@H]5CC(NC(=O)OC(C)(C)C)C6)n(C)c(=O)c34)c(Cl)c2o1. The first-order chi connectivity index (χ1) is 21.6. The summed E-state index contributed by atoms with van der Waals surface area (Å²) in [6, 6.07) is 5.04. The van der Waals surface area contributed by atoms with E-state index in [1.807, 2.05) is 43.7 Å². The monoisotopic (exact) mass is 668 g/mol. The number of nitrogens with one attached hydrogen (secondary N) is 1. The number of aryl methyl sites for hydroxylation is 1. The first-order valence-corrected chi connectivity index (χ1v) is 20.2. The van der Waals surface area contributed by atoms with Crippen LogP contribution in [-0.4, -0.2) is 63.6 Å². The van der Waals surface area contributed by atoms with Gasteiger partial charge in [-0.05, 0) is 58.6 Å². The summed E-state index contributed by atoms with van der Waals surface area (Å²) in [6.07, 6.45) is 4.95. The number of carbonyl (C=O) groups is 1. The van der Waals surface area contributed by atoms with Crippen molar-refractivity contribution >= 4 is 53.8 Å². The maximum atomic E-state index is 14.3. The normalized spacial score (nSPS) is 20.2. The Morgan fingerprint density at radius 3 is 2.48 bits per heavy atom. The molecule has 0 aliphatic carbocycles. The molecule has 1 N–H and O–H groups in total. The number of rotatable bonds is 8. The van der Waals surface area contributed by atoms with Crippen molar-refractivity contribution < 1.29 is 18.7 Å². The molecule has 2 saturated heterocycles. The van der Waals surface area contributed by atoms with Gasteiger partial charge in [0.1, 0.15) is 17.8 Å². The molecular formula is C33H45ClN6O5Si. The zero-order chi connectivity index (χ0) is 33.1. The topological polar surface area (TPSA) is 117 Å². The van der Waals surface area contributed by atoms with Crippen LogP contribution in [0.1, 0.15) is 52.3 Å². The molecule has 1 aromatic carbocycles. The first kappa shape index (κ1) is 32.6. The number of nitrogens with zero attached hydrogens (tertiary/aromatic N) is 5. The minimum absolute atomic E-state index is 0.00336. The summed E-state index contributed by atoms with van der Waals surface area (Å²) in [5.41, 5.74) is 2.35. The van der Waals surface area contributed by atoms with Crippen LogP contribution in [0.2, 0.25) is 30.7 Å². The highest BCUT2D eigenvalue weighted by Crippen LogP contribution is 2.41. The number of oxazole rings is 1. The van der Waals surface area contributed by atoms with E-state index in [1.54, 1.807) is 18.5 Å². The molecule has 0 radical (unpaired) electrons. The van der Waals surface area contributed by atoms with E-state index in [2.05, 4.69) is 34.8 Å². The fourth-order valence-electron chi connectivity index (χ4n) is 6.75. The number of alkyl carbamates (subject to hydrolysis) is 1. The summed E-state index contributed by atoms with van der Waals surface area (Å²) in [6.45, 7) is 15.2. The summed E-state index contributed by atoms with van der Waals surface area (Å²) in [5.74, 6) is 1.15. The largest absolute Gasteiger partial charge is 0.444 e. The lowest BCUT2D eigenvalue weighted by molar-refractivity contribution is 0.0492. The molecule has 2 aliphatic heterocycles. The fraction of sp³-hybridized carbons (Fsp3) is 0.576. The van der Waals surface area contributed by atoms with Crippen molar-refractivity contribution in [2.75, 3.05) is 11.5 Å². The zero-order valence-electron chi connectivity index (χ0n) is 28.1. The van der Waals surface area contributed by atoms with Crippen LogP contribution >= 0.6 is 11.6 Å². The van der Waals surface area contributed by atoms with Crippen molar-refractivity contribution in [2.45, 2.75) is 110 Å². The maximum absolute atomic E-state index is 14.3. The average molecular weight is 669 g/mol. The third-order valence-corrected chi connectivity index (χ3v) is 11.0. The van der Waals surface area contributed by atoms with E-state index in [0.29, 0.717) is 56.7 Å². The first-order valence-electron chi connectivity index (χ1n) is 16.1. The van der Waals surface area contributed by atoms with Gasteiger partial charge in [-0.2, -0.15) is 4.98 Å². The van der Waals surface area contributed by atoms with Gasteiger partial charge in [-0.3, -0.25) is 9.36 Å². The molecule has 3 aromatic heterocycles.